The van der Waals surface area contributed by atoms with Crippen molar-refractivity contribution in [2.75, 3.05) is 0 Å². The first kappa shape index (κ1) is 14.8. The molecule has 112 valence electrons. The van der Waals surface area contributed by atoms with Crippen molar-refractivity contribution < 1.29 is 4.74 Å². The van der Waals surface area contributed by atoms with Crippen LogP contribution in [0.1, 0.15) is 16.7 Å². The molecule has 3 aromatic rings. The van der Waals surface area contributed by atoms with Gasteiger partial charge in [-0.05, 0) is 24.6 Å². The Morgan fingerprint density at radius 2 is 1.87 bits per heavy atom. The normalized spacial score (nSPS) is 10.1. The number of hydrogen-bond acceptors (Lipinski definition) is 3. The Balaban J connectivity index is 1.77. The molecule has 0 N–H and O–H groups in total. The monoisotopic (exact) mass is 300 g/mol. The smallest absolute Gasteiger partial charge is 0.213 e. The van der Waals surface area contributed by atoms with Gasteiger partial charge in [0.15, 0.2) is 0 Å². The quantitative estimate of drug-likeness (QED) is 0.712. The van der Waals surface area contributed by atoms with E-state index in [-0.39, 0.29) is 0 Å². The minimum absolute atomic E-state index is 0.487. The number of rotatable bonds is 4. The van der Waals surface area contributed by atoms with Gasteiger partial charge in [0, 0.05) is 23.4 Å². The van der Waals surface area contributed by atoms with E-state index in [1.807, 2.05) is 67.6 Å². The third-order valence-electron chi connectivity index (χ3n) is 3.57. The number of aromatic nitrogens is 1. The Hall–Kier alpha value is -3.12. The molecule has 0 amide bonds. The van der Waals surface area contributed by atoms with Gasteiger partial charge >= 0.3 is 0 Å². The number of hydrogen-bond donors (Lipinski definition) is 0. The van der Waals surface area contributed by atoms with Gasteiger partial charge in [-0.2, -0.15) is 5.26 Å². The first-order valence-corrected chi connectivity index (χ1v) is 7.40. The Kier molecular flexibility index (Phi) is 4.35. The lowest BCUT2D eigenvalue weighted by Crippen LogP contribution is -1.97. The summed E-state index contributed by atoms with van der Waals surface area (Å²) in [6.07, 6.45) is 1.75. The molecule has 0 aliphatic carbocycles. The van der Waals surface area contributed by atoms with Crippen molar-refractivity contribution in [3.63, 3.8) is 0 Å². The molecule has 0 aliphatic heterocycles. The van der Waals surface area contributed by atoms with E-state index >= 15 is 0 Å². The summed E-state index contributed by atoms with van der Waals surface area (Å²) in [5.41, 5.74) is 4.68. The van der Waals surface area contributed by atoms with Crippen LogP contribution in [0.25, 0.3) is 11.1 Å². The number of nitrogens with zero attached hydrogens (tertiary/aromatic N) is 2. The number of aryl methyl sites for hydroxylation is 1. The summed E-state index contributed by atoms with van der Waals surface area (Å²) < 4.78 is 5.69. The molecule has 3 nitrogen and oxygen atoms in total. The molecule has 0 saturated carbocycles. The summed E-state index contributed by atoms with van der Waals surface area (Å²) in [6, 6.07) is 21.7. The Labute approximate surface area is 135 Å². The summed E-state index contributed by atoms with van der Waals surface area (Å²) in [4.78, 5) is 4.34. The van der Waals surface area contributed by atoms with Crippen LogP contribution in [0.3, 0.4) is 0 Å². The molecular formula is C20H16N2O. The molecule has 0 unspecified atom stereocenters. The molecule has 23 heavy (non-hydrogen) atoms. The van der Waals surface area contributed by atoms with Crippen LogP contribution in [0.15, 0.2) is 66.9 Å². The van der Waals surface area contributed by atoms with Crippen LogP contribution in [0, 0.1) is 18.3 Å². The van der Waals surface area contributed by atoms with E-state index in [0.29, 0.717) is 18.1 Å². The van der Waals surface area contributed by atoms with Gasteiger partial charge in [0.05, 0.1) is 11.6 Å². The number of ether oxygens (including phenoxy) is 1. The van der Waals surface area contributed by atoms with E-state index in [9.17, 15) is 5.26 Å². The summed E-state index contributed by atoms with van der Waals surface area (Å²) >= 11 is 0. The first-order chi connectivity index (χ1) is 11.3. The lowest BCUT2D eigenvalue weighted by molar-refractivity contribution is 0.294. The number of pyridine rings is 1. The van der Waals surface area contributed by atoms with Gasteiger partial charge in [0.25, 0.3) is 0 Å². The maximum atomic E-state index is 9.24. The Bertz CT molecular complexity index is 834. The van der Waals surface area contributed by atoms with Crippen molar-refractivity contribution in [1.82, 2.24) is 4.98 Å². The van der Waals surface area contributed by atoms with Crippen molar-refractivity contribution in [2.45, 2.75) is 13.5 Å². The van der Waals surface area contributed by atoms with Crippen molar-refractivity contribution in [3.05, 3.63) is 83.6 Å². The zero-order valence-electron chi connectivity index (χ0n) is 12.9. The zero-order chi connectivity index (χ0) is 16.1. The van der Waals surface area contributed by atoms with E-state index in [1.54, 1.807) is 6.20 Å². The van der Waals surface area contributed by atoms with E-state index in [4.69, 9.17) is 4.74 Å². The highest BCUT2D eigenvalue weighted by molar-refractivity contribution is 5.70. The fourth-order valence-electron chi connectivity index (χ4n) is 2.35. The van der Waals surface area contributed by atoms with Crippen molar-refractivity contribution >= 4 is 0 Å². The molecule has 0 spiro atoms. The molecule has 0 saturated heterocycles. The standard InChI is InChI=1S/C20H16N2O/c1-15-7-8-17(12-21)19(11-15)18-9-10-20(22-13-18)23-14-16-5-3-2-4-6-16/h2-11,13H,14H2,1H3. The van der Waals surface area contributed by atoms with Crippen LogP contribution in [0.4, 0.5) is 0 Å². The van der Waals surface area contributed by atoms with Gasteiger partial charge in [-0.15, -0.1) is 0 Å². The molecule has 2 aromatic carbocycles. The molecule has 1 aromatic heterocycles. The van der Waals surface area contributed by atoms with Crippen molar-refractivity contribution in [3.8, 4) is 23.1 Å². The average Bonchev–Trinajstić information content (AvgIpc) is 2.61. The topological polar surface area (TPSA) is 45.9 Å². The van der Waals surface area contributed by atoms with Crippen LogP contribution in [0.5, 0.6) is 5.88 Å². The van der Waals surface area contributed by atoms with Crippen LogP contribution < -0.4 is 4.74 Å². The Morgan fingerprint density at radius 3 is 2.57 bits per heavy atom. The molecule has 0 fully saturated rings. The molecule has 0 bridgehead atoms. The van der Waals surface area contributed by atoms with Gasteiger partial charge in [-0.3, -0.25) is 0 Å². The summed E-state index contributed by atoms with van der Waals surface area (Å²) in [7, 11) is 0. The van der Waals surface area contributed by atoms with E-state index in [1.165, 1.54) is 0 Å². The van der Waals surface area contributed by atoms with Gasteiger partial charge in [-0.1, -0.05) is 48.0 Å². The molecule has 0 aliphatic rings. The molecule has 3 heteroatoms. The first-order valence-electron chi connectivity index (χ1n) is 7.40. The maximum Gasteiger partial charge on any atom is 0.213 e. The SMILES string of the molecule is Cc1ccc(C#N)c(-c2ccc(OCc3ccccc3)nc2)c1. The second-order valence-electron chi connectivity index (χ2n) is 5.32. The van der Waals surface area contributed by atoms with Gasteiger partial charge in [0.1, 0.15) is 6.61 Å². The minimum atomic E-state index is 0.487. The van der Waals surface area contributed by atoms with Crippen LogP contribution in [0.2, 0.25) is 0 Å². The molecular weight excluding hydrogens is 284 g/mol. The summed E-state index contributed by atoms with van der Waals surface area (Å²) in [6.45, 7) is 2.50. The average molecular weight is 300 g/mol. The zero-order valence-corrected chi connectivity index (χ0v) is 12.9. The van der Waals surface area contributed by atoms with Crippen LogP contribution in [-0.4, -0.2) is 4.98 Å². The van der Waals surface area contributed by atoms with Gasteiger partial charge in [0.2, 0.25) is 5.88 Å². The van der Waals surface area contributed by atoms with Gasteiger partial charge < -0.3 is 4.74 Å². The molecule has 3 rings (SSSR count). The predicted molar refractivity (Wildman–Crippen MR) is 89.9 cm³/mol. The summed E-state index contributed by atoms with van der Waals surface area (Å²) in [5, 5.41) is 9.24. The molecule has 0 atom stereocenters. The van der Waals surface area contributed by atoms with Crippen molar-refractivity contribution in [2.24, 2.45) is 0 Å². The summed E-state index contributed by atoms with van der Waals surface area (Å²) in [5.74, 6) is 0.573. The van der Waals surface area contributed by atoms with Crippen molar-refractivity contribution in [1.29, 1.82) is 5.26 Å². The highest BCUT2D eigenvalue weighted by Gasteiger charge is 2.06. The van der Waals surface area contributed by atoms with E-state index < -0.39 is 0 Å². The minimum Gasteiger partial charge on any atom is -0.473 e. The Morgan fingerprint density at radius 1 is 1.04 bits per heavy atom. The number of nitriles is 1. The highest BCUT2D eigenvalue weighted by Crippen LogP contribution is 2.25. The largest absolute Gasteiger partial charge is 0.473 e. The van der Waals surface area contributed by atoms with Crippen LogP contribution in [-0.2, 0) is 6.61 Å². The van der Waals surface area contributed by atoms with Gasteiger partial charge in [-0.25, -0.2) is 4.98 Å². The maximum absolute atomic E-state index is 9.24. The van der Waals surface area contributed by atoms with Crippen LogP contribution >= 0.6 is 0 Å². The highest BCUT2D eigenvalue weighted by atomic mass is 16.5. The molecule has 0 radical (unpaired) electrons. The predicted octanol–water partition coefficient (Wildman–Crippen LogP) is 4.51. The second-order valence-corrected chi connectivity index (χ2v) is 5.32. The molecule has 1 heterocycles. The fourth-order valence-corrected chi connectivity index (χ4v) is 2.35. The van der Waals surface area contributed by atoms with E-state index in [2.05, 4.69) is 11.1 Å². The lowest BCUT2D eigenvalue weighted by atomic mass is 10.00. The fraction of sp³-hybridized carbons (Fsp3) is 0.100. The second kappa shape index (κ2) is 6.76. The lowest BCUT2D eigenvalue weighted by Gasteiger charge is -2.08. The third kappa shape index (κ3) is 3.56. The van der Waals surface area contributed by atoms with E-state index in [0.717, 1.165) is 22.3 Å². The number of benzene rings is 2. The third-order valence-corrected chi connectivity index (χ3v) is 3.57.